The summed E-state index contributed by atoms with van der Waals surface area (Å²) < 4.78 is 10.5. The Morgan fingerprint density at radius 1 is 0.958 bits per heavy atom. The Morgan fingerprint density at radius 3 is 2.50 bits per heavy atom. The van der Waals surface area contributed by atoms with E-state index in [0.717, 1.165) is 17.5 Å². The van der Waals surface area contributed by atoms with E-state index in [9.17, 15) is 4.79 Å². The van der Waals surface area contributed by atoms with E-state index in [1.807, 2.05) is 18.2 Å². The molecule has 0 aromatic heterocycles. The topological polar surface area (TPSA) is 47.6 Å². The van der Waals surface area contributed by atoms with Crippen LogP contribution in [0.3, 0.4) is 0 Å². The molecule has 3 rings (SSSR count). The van der Waals surface area contributed by atoms with Gasteiger partial charge in [0.1, 0.15) is 0 Å². The van der Waals surface area contributed by atoms with Gasteiger partial charge in [-0.3, -0.25) is 4.79 Å². The first-order valence-corrected chi connectivity index (χ1v) is 8.28. The number of hydrogen-bond donors (Lipinski definition) is 1. The van der Waals surface area contributed by atoms with E-state index in [2.05, 4.69) is 23.5 Å². The van der Waals surface area contributed by atoms with Crippen LogP contribution in [-0.2, 0) is 30.6 Å². The highest BCUT2D eigenvalue weighted by molar-refractivity contribution is 5.78. The lowest BCUT2D eigenvalue weighted by atomic mass is 10.0. The van der Waals surface area contributed by atoms with E-state index in [0.29, 0.717) is 24.5 Å². The van der Waals surface area contributed by atoms with Gasteiger partial charge in [-0.05, 0) is 53.6 Å². The third-order valence-electron chi connectivity index (χ3n) is 4.47. The average molecular weight is 325 g/mol. The van der Waals surface area contributed by atoms with E-state index in [1.54, 1.807) is 14.2 Å². The summed E-state index contributed by atoms with van der Waals surface area (Å²) in [6.45, 7) is 0.476. The van der Waals surface area contributed by atoms with Gasteiger partial charge in [0, 0.05) is 6.54 Å². The molecule has 4 nitrogen and oxygen atoms in total. The Kier molecular flexibility index (Phi) is 5.04. The van der Waals surface area contributed by atoms with Crippen LogP contribution >= 0.6 is 0 Å². The van der Waals surface area contributed by atoms with Gasteiger partial charge in [-0.25, -0.2) is 0 Å². The molecule has 2 aromatic rings. The Balaban J connectivity index is 1.57. The zero-order valence-electron chi connectivity index (χ0n) is 14.2. The molecule has 0 saturated heterocycles. The predicted octanol–water partition coefficient (Wildman–Crippen LogP) is 3.05. The molecule has 1 amide bonds. The van der Waals surface area contributed by atoms with Crippen molar-refractivity contribution >= 4 is 5.91 Å². The molecule has 0 spiro atoms. The second kappa shape index (κ2) is 7.39. The summed E-state index contributed by atoms with van der Waals surface area (Å²) in [5.74, 6) is 1.39. The van der Waals surface area contributed by atoms with Crippen LogP contribution in [-0.4, -0.2) is 20.1 Å². The Bertz CT molecular complexity index is 740. The van der Waals surface area contributed by atoms with Crippen LogP contribution in [0.2, 0.25) is 0 Å². The van der Waals surface area contributed by atoms with E-state index in [4.69, 9.17) is 9.47 Å². The molecule has 0 heterocycles. The Hall–Kier alpha value is -2.49. The van der Waals surface area contributed by atoms with E-state index in [1.165, 1.54) is 24.0 Å². The molecule has 0 fully saturated rings. The highest BCUT2D eigenvalue weighted by atomic mass is 16.5. The number of methoxy groups -OCH3 is 2. The van der Waals surface area contributed by atoms with Gasteiger partial charge in [0.15, 0.2) is 11.5 Å². The van der Waals surface area contributed by atoms with E-state index in [-0.39, 0.29) is 5.91 Å². The van der Waals surface area contributed by atoms with Crippen LogP contribution in [0.4, 0.5) is 0 Å². The molecule has 0 atom stereocenters. The largest absolute Gasteiger partial charge is 0.493 e. The van der Waals surface area contributed by atoms with Crippen molar-refractivity contribution in [3.8, 4) is 11.5 Å². The second-order valence-corrected chi connectivity index (χ2v) is 6.10. The van der Waals surface area contributed by atoms with Gasteiger partial charge in [0.2, 0.25) is 5.91 Å². The van der Waals surface area contributed by atoms with Crippen molar-refractivity contribution in [3.63, 3.8) is 0 Å². The molecule has 0 aliphatic heterocycles. The van der Waals surface area contributed by atoms with Crippen LogP contribution in [0.1, 0.15) is 28.7 Å². The van der Waals surface area contributed by atoms with Crippen LogP contribution in [0.15, 0.2) is 36.4 Å². The van der Waals surface area contributed by atoms with Crippen LogP contribution in [0, 0.1) is 0 Å². The van der Waals surface area contributed by atoms with Crippen molar-refractivity contribution in [2.45, 2.75) is 32.2 Å². The molecule has 4 heteroatoms. The van der Waals surface area contributed by atoms with Crippen molar-refractivity contribution in [2.24, 2.45) is 0 Å². The molecule has 0 saturated carbocycles. The van der Waals surface area contributed by atoms with Crippen molar-refractivity contribution in [2.75, 3.05) is 14.2 Å². The zero-order chi connectivity index (χ0) is 16.9. The normalized spacial score (nSPS) is 12.6. The van der Waals surface area contributed by atoms with Crippen LogP contribution in [0.5, 0.6) is 11.5 Å². The highest BCUT2D eigenvalue weighted by Crippen LogP contribution is 2.27. The minimum Gasteiger partial charge on any atom is -0.493 e. The number of aryl methyl sites for hydroxylation is 2. The number of benzene rings is 2. The minimum atomic E-state index is 0.0303. The summed E-state index contributed by atoms with van der Waals surface area (Å²) in [5, 5.41) is 2.97. The van der Waals surface area contributed by atoms with Crippen LogP contribution < -0.4 is 14.8 Å². The summed E-state index contributed by atoms with van der Waals surface area (Å²) in [5.41, 5.74) is 4.90. The SMILES string of the molecule is COc1ccc(CNC(=O)Cc2ccc3c(c2)CCC3)cc1OC. The number of carbonyl (C=O) groups excluding carboxylic acids is 1. The maximum Gasteiger partial charge on any atom is 0.224 e. The summed E-state index contributed by atoms with van der Waals surface area (Å²) >= 11 is 0. The Labute approximate surface area is 142 Å². The predicted molar refractivity (Wildman–Crippen MR) is 93.6 cm³/mol. The minimum absolute atomic E-state index is 0.0303. The zero-order valence-corrected chi connectivity index (χ0v) is 14.2. The second-order valence-electron chi connectivity index (χ2n) is 6.10. The highest BCUT2D eigenvalue weighted by Gasteiger charge is 2.12. The number of ether oxygens (including phenoxy) is 2. The molecule has 0 radical (unpaired) electrons. The van der Waals surface area contributed by atoms with Gasteiger partial charge >= 0.3 is 0 Å². The molecule has 1 aliphatic carbocycles. The molecule has 2 aromatic carbocycles. The molecule has 1 aliphatic rings. The number of rotatable bonds is 6. The van der Waals surface area contributed by atoms with E-state index < -0.39 is 0 Å². The molecular weight excluding hydrogens is 302 g/mol. The lowest BCUT2D eigenvalue weighted by Gasteiger charge is -2.11. The van der Waals surface area contributed by atoms with Crippen molar-refractivity contribution in [3.05, 3.63) is 58.7 Å². The maximum atomic E-state index is 12.2. The fraction of sp³-hybridized carbons (Fsp3) is 0.350. The lowest BCUT2D eigenvalue weighted by Crippen LogP contribution is -2.24. The third-order valence-corrected chi connectivity index (χ3v) is 4.47. The fourth-order valence-corrected chi connectivity index (χ4v) is 3.17. The summed E-state index contributed by atoms with van der Waals surface area (Å²) in [6.07, 6.45) is 3.95. The fourth-order valence-electron chi connectivity index (χ4n) is 3.17. The third kappa shape index (κ3) is 3.70. The number of nitrogens with one attached hydrogen (secondary N) is 1. The summed E-state index contributed by atoms with van der Waals surface area (Å²) in [7, 11) is 3.21. The number of carbonyl (C=O) groups is 1. The quantitative estimate of drug-likeness (QED) is 0.888. The first-order chi connectivity index (χ1) is 11.7. The average Bonchev–Trinajstić information content (AvgIpc) is 3.07. The molecule has 0 bridgehead atoms. The van der Waals surface area contributed by atoms with Crippen molar-refractivity contribution in [1.82, 2.24) is 5.32 Å². The summed E-state index contributed by atoms with van der Waals surface area (Å²) in [4.78, 5) is 12.2. The standard InChI is InChI=1S/C20H23NO3/c1-23-18-9-7-15(11-19(18)24-2)13-21-20(22)12-14-6-8-16-4-3-5-17(16)10-14/h6-11H,3-5,12-13H2,1-2H3,(H,21,22). The monoisotopic (exact) mass is 325 g/mol. The van der Waals surface area contributed by atoms with Gasteiger partial charge in [-0.15, -0.1) is 0 Å². The Morgan fingerprint density at radius 2 is 1.71 bits per heavy atom. The first kappa shape index (κ1) is 16.4. The summed E-state index contributed by atoms with van der Waals surface area (Å²) in [6, 6.07) is 12.1. The van der Waals surface area contributed by atoms with Crippen molar-refractivity contribution < 1.29 is 14.3 Å². The molecule has 126 valence electrons. The smallest absolute Gasteiger partial charge is 0.224 e. The molecular formula is C20H23NO3. The first-order valence-electron chi connectivity index (χ1n) is 8.28. The molecule has 1 N–H and O–H groups in total. The molecule has 0 unspecified atom stereocenters. The number of amides is 1. The number of hydrogen-bond acceptors (Lipinski definition) is 3. The van der Waals surface area contributed by atoms with Gasteiger partial charge in [0.25, 0.3) is 0 Å². The van der Waals surface area contributed by atoms with Gasteiger partial charge in [0.05, 0.1) is 20.6 Å². The van der Waals surface area contributed by atoms with Crippen LogP contribution in [0.25, 0.3) is 0 Å². The lowest BCUT2D eigenvalue weighted by molar-refractivity contribution is -0.120. The van der Waals surface area contributed by atoms with Crippen molar-refractivity contribution in [1.29, 1.82) is 0 Å². The van der Waals surface area contributed by atoms with Gasteiger partial charge in [-0.1, -0.05) is 24.3 Å². The number of fused-ring (bicyclic) bond motifs is 1. The van der Waals surface area contributed by atoms with E-state index >= 15 is 0 Å². The molecule has 24 heavy (non-hydrogen) atoms. The maximum absolute atomic E-state index is 12.2. The van der Waals surface area contributed by atoms with Gasteiger partial charge < -0.3 is 14.8 Å². The van der Waals surface area contributed by atoms with Gasteiger partial charge in [-0.2, -0.15) is 0 Å².